The molecule has 1 rings (SSSR count). The van der Waals surface area contributed by atoms with E-state index in [0.29, 0.717) is 0 Å². The highest BCUT2D eigenvalue weighted by Crippen LogP contribution is 2.15. The number of carbonyl (C=O) groups is 1. The number of rotatable bonds is 6. The van der Waals surface area contributed by atoms with Crippen LogP contribution < -0.4 is 10.0 Å². The summed E-state index contributed by atoms with van der Waals surface area (Å²) in [6, 6.07) is 2.56. The quantitative estimate of drug-likeness (QED) is 0.679. The van der Waals surface area contributed by atoms with Crippen LogP contribution in [-0.4, -0.2) is 42.8 Å². The number of aromatic nitrogens is 1. The Morgan fingerprint density at radius 2 is 2.05 bits per heavy atom. The van der Waals surface area contributed by atoms with E-state index < -0.39 is 21.5 Å². The SMILES string of the molecule is CC(C)(CNc1cc(C(=O)O)cc(Cl)n1)NS(C)(=O)=O. The molecule has 0 aliphatic carbocycles. The number of nitrogens with zero attached hydrogens (tertiary/aromatic N) is 1. The van der Waals surface area contributed by atoms with Crippen LogP contribution in [0.1, 0.15) is 24.2 Å². The molecule has 0 spiro atoms. The molecule has 1 heterocycles. The second-order valence-electron chi connectivity index (χ2n) is 4.98. The summed E-state index contributed by atoms with van der Waals surface area (Å²) < 4.78 is 24.9. The van der Waals surface area contributed by atoms with Gasteiger partial charge in [0, 0.05) is 12.1 Å². The molecular weight excluding hydrogens is 306 g/mol. The molecule has 0 unspecified atom stereocenters. The van der Waals surface area contributed by atoms with Crippen molar-refractivity contribution in [3.8, 4) is 0 Å². The number of carboxylic acid groups (broad SMARTS) is 1. The number of hydrogen-bond acceptors (Lipinski definition) is 5. The van der Waals surface area contributed by atoms with Crippen molar-refractivity contribution in [1.82, 2.24) is 9.71 Å². The van der Waals surface area contributed by atoms with Gasteiger partial charge in [-0.15, -0.1) is 0 Å². The fraction of sp³-hybridized carbons (Fsp3) is 0.455. The molecule has 112 valence electrons. The van der Waals surface area contributed by atoms with Gasteiger partial charge in [0.25, 0.3) is 0 Å². The minimum absolute atomic E-state index is 0.00128. The summed E-state index contributed by atoms with van der Waals surface area (Å²) in [7, 11) is -3.35. The molecule has 0 saturated heterocycles. The molecule has 0 aliphatic rings. The van der Waals surface area contributed by atoms with E-state index in [0.717, 1.165) is 6.26 Å². The molecule has 1 aromatic heterocycles. The van der Waals surface area contributed by atoms with E-state index in [1.807, 2.05) is 0 Å². The third-order valence-corrected chi connectivity index (χ3v) is 3.33. The summed E-state index contributed by atoms with van der Waals surface area (Å²) >= 11 is 5.72. The van der Waals surface area contributed by atoms with Gasteiger partial charge in [-0.3, -0.25) is 0 Å². The number of halogens is 1. The van der Waals surface area contributed by atoms with Crippen molar-refractivity contribution in [2.45, 2.75) is 19.4 Å². The predicted molar refractivity (Wildman–Crippen MR) is 76.8 cm³/mol. The van der Waals surface area contributed by atoms with Crippen LogP contribution >= 0.6 is 11.6 Å². The lowest BCUT2D eigenvalue weighted by Gasteiger charge is -2.25. The average Bonchev–Trinajstić information content (AvgIpc) is 2.22. The second kappa shape index (κ2) is 5.94. The van der Waals surface area contributed by atoms with Crippen LogP contribution in [0.2, 0.25) is 5.15 Å². The van der Waals surface area contributed by atoms with Gasteiger partial charge in [-0.1, -0.05) is 11.6 Å². The van der Waals surface area contributed by atoms with Crippen molar-refractivity contribution in [3.63, 3.8) is 0 Å². The zero-order chi connectivity index (χ0) is 15.6. The smallest absolute Gasteiger partial charge is 0.335 e. The van der Waals surface area contributed by atoms with Crippen LogP contribution in [0.3, 0.4) is 0 Å². The molecule has 20 heavy (non-hydrogen) atoms. The summed E-state index contributed by atoms with van der Waals surface area (Å²) in [6.07, 6.45) is 1.06. The van der Waals surface area contributed by atoms with E-state index in [9.17, 15) is 13.2 Å². The van der Waals surface area contributed by atoms with Gasteiger partial charge in [0.1, 0.15) is 11.0 Å². The van der Waals surface area contributed by atoms with Crippen LogP contribution in [-0.2, 0) is 10.0 Å². The van der Waals surface area contributed by atoms with Crippen LogP contribution in [0.4, 0.5) is 5.82 Å². The minimum atomic E-state index is -3.35. The molecule has 0 saturated carbocycles. The molecule has 0 fully saturated rings. The first-order valence-electron chi connectivity index (χ1n) is 5.62. The number of sulfonamides is 1. The first-order valence-corrected chi connectivity index (χ1v) is 7.89. The zero-order valence-corrected chi connectivity index (χ0v) is 12.8. The van der Waals surface area contributed by atoms with Crippen molar-refractivity contribution in [1.29, 1.82) is 0 Å². The molecular formula is C11H16ClN3O4S. The summed E-state index contributed by atoms with van der Waals surface area (Å²) in [4.78, 5) is 14.8. The van der Waals surface area contributed by atoms with Crippen LogP contribution in [0.25, 0.3) is 0 Å². The van der Waals surface area contributed by atoms with Crippen molar-refractivity contribution in [3.05, 3.63) is 22.8 Å². The topological polar surface area (TPSA) is 108 Å². The number of anilines is 1. The van der Waals surface area contributed by atoms with Crippen molar-refractivity contribution in [2.24, 2.45) is 0 Å². The monoisotopic (exact) mass is 321 g/mol. The minimum Gasteiger partial charge on any atom is -0.478 e. The Balaban J connectivity index is 2.82. The largest absolute Gasteiger partial charge is 0.478 e. The normalized spacial score (nSPS) is 12.2. The standard InChI is InChI=1S/C11H16ClN3O4S/c1-11(2,15-20(3,18)19)6-13-9-5-7(10(16)17)4-8(12)14-9/h4-5,15H,6H2,1-3H3,(H,13,14)(H,16,17). The van der Waals surface area contributed by atoms with Crippen LogP contribution in [0.15, 0.2) is 12.1 Å². The summed E-state index contributed by atoms with van der Waals surface area (Å²) in [5.74, 6) is -0.857. The first-order chi connectivity index (χ1) is 8.98. The molecule has 0 atom stereocenters. The Bertz CT molecular complexity index is 616. The average molecular weight is 322 g/mol. The molecule has 1 aromatic rings. The molecule has 0 bridgehead atoms. The number of nitrogens with one attached hydrogen (secondary N) is 2. The van der Waals surface area contributed by atoms with Gasteiger partial charge in [-0.2, -0.15) is 0 Å². The fourth-order valence-electron chi connectivity index (χ4n) is 1.56. The maximum absolute atomic E-state index is 11.2. The highest BCUT2D eigenvalue weighted by molar-refractivity contribution is 7.88. The summed E-state index contributed by atoms with van der Waals surface area (Å²) in [5, 5.41) is 11.8. The molecule has 0 amide bonds. The Labute approximate surface area is 122 Å². The highest BCUT2D eigenvalue weighted by Gasteiger charge is 2.22. The second-order valence-corrected chi connectivity index (χ2v) is 7.12. The zero-order valence-electron chi connectivity index (χ0n) is 11.3. The van der Waals surface area contributed by atoms with Gasteiger partial charge >= 0.3 is 5.97 Å². The van der Waals surface area contributed by atoms with E-state index in [4.69, 9.17) is 16.7 Å². The predicted octanol–water partition coefficient (Wildman–Crippen LogP) is 1.17. The lowest BCUT2D eigenvalue weighted by Crippen LogP contribution is -2.47. The van der Waals surface area contributed by atoms with Crippen molar-refractivity contribution >= 4 is 33.4 Å². The van der Waals surface area contributed by atoms with E-state index in [-0.39, 0.29) is 23.1 Å². The molecule has 7 nitrogen and oxygen atoms in total. The molecule has 0 aliphatic heterocycles. The van der Waals surface area contributed by atoms with E-state index in [1.54, 1.807) is 13.8 Å². The van der Waals surface area contributed by atoms with Gasteiger partial charge in [0.2, 0.25) is 10.0 Å². The van der Waals surface area contributed by atoms with Crippen LogP contribution in [0, 0.1) is 0 Å². The molecule has 3 N–H and O–H groups in total. The Hall–Kier alpha value is -1.38. The van der Waals surface area contributed by atoms with E-state index >= 15 is 0 Å². The molecule has 0 aromatic carbocycles. The van der Waals surface area contributed by atoms with Crippen molar-refractivity contribution in [2.75, 3.05) is 18.1 Å². The van der Waals surface area contributed by atoms with Gasteiger partial charge < -0.3 is 10.4 Å². The maximum atomic E-state index is 11.2. The first kappa shape index (κ1) is 16.7. The van der Waals surface area contributed by atoms with E-state index in [2.05, 4.69) is 15.0 Å². The highest BCUT2D eigenvalue weighted by atomic mass is 35.5. The number of aromatic carboxylic acids is 1. The molecule has 9 heteroatoms. The Morgan fingerprint density at radius 3 is 2.55 bits per heavy atom. The van der Waals surface area contributed by atoms with E-state index in [1.165, 1.54) is 12.1 Å². The Kier molecular flexibility index (Phi) is 4.95. The molecule has 0 radical (unpaired) electrons. The number of carboxylic acids is 1. The van der Waals surface area contributed by atoms with Crippen molar-refractivity contribution < 1.29 is 18.3 Å². The Morgan fingerprint density at radius 1 is 1.45 bits per heavy atom. The summed E-state index contributed by atoms with van der Waals surface area (Å²) in [6.45, 7) is 3.58. The maximum Gasteiger partial charge on any atom is 0.335 e. The lowest BCUT2D eigenvalue weighted by atomic mass is 10.1. The van der Waals surface area contributed by atoms with Gasteiger partial charge in [-0.05, 0) is 26.0 Å². The number of hydrogen-bond donors (Lipinski definition) is 3. The lowest BCUT2D eigenvalue weighted by molar-refractivity contribution is 0.0697. The van der Waals surface area contributed by atoms with Gasteiger partial charge in [-0.25, -0.2) is 22.9 Å². The summed E-state index contributed by atoms with van der Waals surface area (Å²) in [5.41, 5.74) is -0.762. The van der Waals surface area contributed by atoms with Crippen LogP contribution in [0.5, 0.6) is 0 Å². The van der Waals surface area contributed by atoms with Gasteiger partial charge in [0.15, 0.2) is 0 Å². The fourth-order valence-corrected chi connectivity index (χ4v) is 2.84. The number of pyridine rings is 1. The third-order valence-electron chi connectivity index (χ3n) is 2.21. The van der Waals surface area contributed by atoms with Gasteiger partial charge in [0.05, 0.1) is 11.8 Å². The third kappa shape index (κ3) is 5.72.